The molecule has 0 unspecified atom stereocenters. The van der Waals surface area contributed by atoms with Crippen molar-refractivity contribution in [1.82, 2.24) is 15.2 Å². The van der Waals surface area contributed by atoms with Crippen LogP contribution in [0.2, 0.25) is 0 Å². The van der Waals surface area contributed by atoms with Crippen molar-refractivity contribution in [3.8, 4) is 6.07 Å². The Kier molecular flexibility index (Phi) is 3.94. The Hall–Kier alpha value is -2.94. The summed E-state index contributed by atoms with van der Waals surface area (Å²) in [5.74, 6) is 0.245. The van der Waals surface area contributed by atoms with E-state index in [1.54, 1.807) is 6.07 Å². The van der Waals surface area contributed by atoms with Crippen LogP contribution >= 0.6 is 0 Å². The molecule has 5 nitrogen and oxygen atoms in total. The number of nitrogens with zero attached hydrogens (tertiary/aromatic N) is 3. The third-order valence-corrected chi connectivity index (χ3v) is 3.98. The molecule has 0 aliphatic heterocycles. The van der Waals surface area contributed by atoms with Gasteiger partial charge in [-0.3, -0.25) is 0 Å². The molecule has 0 saturated heterocycles. The maximum atomic E-state index is 13.2. The van der Waals surface area contributed by atoms with Gasteiger partial charge in [0.05, 0.1) is 5.69 Å². The summed E-state index contributed by atoms with van der Waals surface area (Å²) in [5, 5.41) is 21.6. The number of H-pyrrole nitrogens is 1. The molecule has 6 heteroatoms. The summed E-state index contributed by atoms with van der Waals surface area (Å²) in [6, 6.07) is 6.88. The van der Waals surface area contributed by atoms with Gasteiger partial charge >= 0.3 is 0 Å². The zero-order valence-corrected chi connectivity index (χ0v) is 12.9. The first-order chi connectivity index (χ1) is 11.1. The third kappa shape index (κ3) is 2.86. The number of aromatic nitrogens is 3. The first-order valence-electron chi connectivity index (χ1n) is 7.33. The number of aromatic amines is 1. The molecule has 0 aliphatic rings. The van der Waals surface area contributed by atoms with Crippen LogP contribution in [0.3, 0.4) is 0 Å². The van der Waals surface area contributed by atoms with E-state index in [4.69, 9.17) is 0 Å². The summed E-state index contributed by atoms with van der Waals surface area (Å²) in [6.07, 6.45) is 2.61. The SMILES string of the molecule is Cc1nnc(NCCc2c[nH]c3cc(F)ccc23)c(C#N)c1C. The molecular weight excluding hydrogens is 293 g/mol. The second kappa shape index (κ2) is 6.05. The predicted molar refractivity (Wildman–Crippen MR) is 86.7 cm³/mol. The van der Waals surface area contributed by atoms with Crippen molar-refractivity contribution in [3.05, 3.63) is 52.6 Å². The molecule has 2 heterocycles. The normalized spacial score (nSPS) is 10.7. The minimum Gasteiger partial charge on any atom is -0.367 e. The Balaban J connectivity index is 1.75. The van der Waals surface area contributed by atoms with Gasteiger partial charge in [-0.2, -0.15) is 10.4 Å². The van der Waals surface area contributed by atoms with E-state index in [9.17, 15) is 9.65 Å². The first kappa shape index (κ1) is 15.0. The van der Waals surface area contributed by atoms with E-state index in [0.29, 0.717) is 17.9 Å². The molecular formula is C17H16FN5. The summed E-state index contributed by atoms with van der Waals surface area (Å²) in [5.41, 5.74) is 3.99. The number of anilines is 1. The molecule has 0 radical (unpaired) electrons. The minimum atomic E-state index is -0.256. The van der Waals surface area contributed by atoms with Crippen molar-refractivity contribution in [3.63, 3.8) is 0 Å². The fourth-order valence-electron chi connectivity index (χ4n) is 2.55. The van der Waals surface area contributed by atoms with Gasteiger partial charge in [0.25, 0.3) is 0 Å². The molecule has 1 aromatic carbocycles. The lowest BCUT2D eigenvalue weighted by Crippen LogP contribution is -2.10. The van der Waals surface area contributed by atoms with E-state index in [1.807, 2.05) is 20.0 Å². The molecule has 0 spiro atoms. The standard InChI is InChI=1S/C17H16FN5/c1-10-11(2)22-23-17(15(10)8-19)20-6-5-12-9-21-16-7-13(18)3-4-14(12)16/h3-4,7,9,21H,5-6H2,1-2H3,(H,20,23). The summed E-state index contributed by atoms with van der Waals surface area (Å²) in [6.45, 7) is 4.30. The lowest BCUT2D eigenvalue weighted by atomic mass is 10.1. The molecule has 0 fully saturated rings. The Morgan fingerprint density at radius 1 is 1.30 bits per heavy atom. The Labute approximate surface area is 133 Å². The van der Waals surface area contributed by atoms with E-state index in [0.717, 1.165) is 34.1 Å². The average Bonchev–Trinajstić information content (AvgIpc) is 2.93. The van der Waals surface area contributed by atoms with E-state index >= 15 is 0 Å². The molecule has 2 N–H and O–H groups in total. The van der Waals surface area contributed by atoms with Gasteiger partial charge < -0.3 is 10.3 Å². The molecule has 3 rings (SSSR count). The third-order valence-electron chi connectivity index (χ3n) is 3.98. The number of fused-ring (bicyclic) bond motifs is 1. The van der Waals surface area contributed by atoms with E-state index in [-0.39, 0.29) is 5.82 Å². The first-order valence-corrected chi connectivity index (χ1v) is 7.33. The maximum Gasteiger partial charge on any atom is 0.166 e. The van der Waals surface area contributed by atoms with Crippen LogP contribution in [-0.2, 0) is 6.42 Å². The number of rotatable bonds is 4. The van der Waals surface area contributed by atoms with Crippen LogP contribution in [0.25, 0.3) is 10.9 Å². The van der Waals surface area contributed by atoms with Gasteiger partial charge in [0.1, 0.15) is 17.4 Å². The highest BCUT2D eigenvalue weighted by molar-refractivity contribution is 5.83. The number of hydrogen-bond acceptors (Lipinski definition) is 4. The van der Waals surface area contributed by atoms with Crippen LogP contribution in [0.5, 0.6) is 0 Å². The molecule has 0 saturated carbocycles. The van der Waals surface area contributed by atoms with E-state index < -0.39 is 0 Å². The summed E-state index contributed by atoms with van der Waals surface area (Å²) in [7, 11) is 0. The summed E-state index contributed by atoms with van der Waals surface area (Å²) >= 11 is 0. The van der Waals surface area contributed by atoms with Crippen molar-refractivity contribution in [1.29, 1.82) is 5.26 Å². The van der Waals surface area contributed by atoms with Crippen LogP contribution in [-0.4, -0.2) is 21.7 Å². The van der Waals surface area contributed by atoms with Crippen LogP contribution < -0.4 is 5.32 Å². The van der Waals surface area contributed by atoms with Gasteiger partial charge in [-0.25, -0.2) is 4.39 Å². The predicted octanol–water partition coefficient (Wildman–Crippen LogP) is 3.24. The van der Waals surface area contributed by atoms with Crippen molar-refractivity contribution < 1.29 is 4.39 Å². The van der Waals surface area contributed by atoms with Gasteiger partial charge in [-0.05, 0) is 49.6 Å². The fraction of sp³-hybridized carbons (Fsp3) is 0.235. The van der Waals surface area contributed by atoms with Crippen molar-refractivity contribution in [2.45, 2.75) is 20.3 Å². The number of nitriles is 1. The van der Waals surface area contributed by atoms with Crippen molar-refractivity contribution in [2.24, 2.45) is 0 Å². The van der Waals surface area contributed by atoms with Crippen molar-refractivity contribution in [2.75, 3.05) is 11.9 Å². The van der Waals surface area contributed by atoms with E-state index in [1.165, 1.54) is 12.1 Å². The van der Waals surface area contributed by atoms with Gasteiger partial charge in [-0.15, -0.1) is 5.10 Å². The molecule has 23 heavy (non-hydrogen) atoms. The highest BCUT2D eigenvalue weighted by Gasteiger charge is 2.11. The summed E-state index contributed by atoms with van der Waals surface area (Å²) in [4.78, 5) is 3.07. The Bertz CT molecular complexity index is 907. The minimum absolute atomic E-state index is 0.256. The molecule has 0 amide bonds. The molecule has 3 aromatic rings. The van der Waals surface area contributed by atoms with Gasteiger partial charge in [0, 0.05) is 23.6 Å². The second-order valence-corrected chi connectivity index (χ2v) is 5.43. The molecule has 0 bridgehead atoms. The smallest absolute Gasteiger partial charge is 0.166 e. The number of halogens is 1. The van der Waals surface area contributed by atoms with Crippen LogP contribution in [0.4, 0.5) is 10.2 Å². The zero-order valence-electron chi connectivity index (χ0n) is 12.9. The van der Waals surface area contributed by atoms with Gasteiger partial charge in [0.15, 0.2) is 5.82 Å². The van der Waals surface area contributed by atoms with Crippen LogP contribution in [0, 0.1) is 31.0 Å². The fourth-order valence-corrected chi connectivity index (χ4v) is 2.55. The number of nitrogens with one attached hydrogen (secondary N) is 2. The monoisotopic (exact) mass is 309 g/mol. The van der Waals surface area contributed by atoms with Crippen LogP contribution in [0.15, 0.2) is 24.4 Å². The zero-order chi connectivity index (χ0) is 16.4. The Morgan fingerprint density at radius 3 is 2.91 bits per heavy atom. The van der Waals surface area contributed by atoms with Gasteiger partial charge in [-0.1, -0.05) is 0 Å². The van der Waals surface area contributed by atoms with Gasteiger partial charge in [0.2, 0.25) is 0 Å². The lowest BCUT2D eigenvalue weighted by Gasteiger charge is -2.09. The number of aryl methyl sites for hydroxylation is 1. The maximum absolute atomic E-state index is 13.2. The average molecular weight is 309 g/mol. The number of hydrogen-bond donors (Lipinski definition) is 2. The topological polar surface area (TPSA) is 77.4 Å². The Morgan fingerprint density at radius 2 is 2.13 bits per heavy atom. The van der Waals surface area contributed by atoms with Crippen LogP contribution in [0.1, 0.15) is 22.4 Å². The quantitative estimate of drug-likeness (QED) is 0.775. The molecule has 0 aliphatic carbocycles. The van der Waals surface area contributed by atoms with Crippen molar-refractivity contribution >= 4 is 16.7 Å². The largest absolute Gasteiger partial charge is 0.367 e. The van der Waals surface area contributed by atoms with E-state index in [2.05, 4.69) is 26.6 Å². The highest BCUT2D eigenvalue weighted by Crippen LogP contribution is 2.21. The second-order valence-electron chi connectivity index (χ2n) is 5.43. The lowest BCUT2D eigenvalue weighted by molar-refractivity contribution is 0.629. The number of benzene rings is 1. The molecule has 116 valence electrons. The highest BCUT2D eigenvalue weighted by atomic mass is 19.1. The summed E-state index contributed by atoms with van der Waals surface area (Å²) < 4.78 is 13.2. The molecule has 2 aromatic heterocycles. The molecule has 0 atom stereocenters.